The molecule has 0 spiro atoms. The lowest BCUT2D eigenvalue weighted by Gasteiger charge is -2.07. The van der Waals surface area contributed by atoms with Gasteiger partial charge in [0, 0.05) is 11.6 Å². The maximum atomic E-state index is 11.9. The molecule has 5 heteroatoms. The summed E-state index contributed by atoms with van der Waals surface area (Å²) in [7, 11) is -3.33. The first-order valence-electron chi connectivity index (χ1n) is 6.31. The van der Waals surface area contributed by atoms with Gasteiger partial charge in [-0.25, -0.2) is 13.1 Å². The number of nitrogens with one attached hydrogen (secondary N) is 1. The predicted molar refractivity (Wildman–Crippen MR) is 82.2 cm³/mol. The summed E-state index contributed by atoms with van der Waals surface area (Å²) in [4.78, 5) is 0. The zero-order valence-corrected chi connectivity index (χ0v) is 12.5. The van der Waals surface area contributed by atoms with Crippen LogP contribution in [0.4, 0.5) is 0 Å². The highest BCUT2D eigenvalue weighted by atomic mass is 35.5. The Morgan fingerprint density at radius 3 is 2.35 bits per heavy atom. The van der Waals surface area contributed by atoms with Crippen LogP contribution in [0.1, 0.15) is 11.1 Å². The third-order valence-corrected chi connectivity index (χ3v) is 4.42. The number of benzene rings is 2. The number of halogens is 1. The van der Waals surface area contributed by atoms with E-state index < -0.39 is 10.0 Å². The molecule has 0 aliphatic heterocycles. The van der Waals surface area contributed by atoms with Crippen LogP contribution in [0.3, 0.4) is 0 Å². The van der Waals surface area contributed by atoms with E-state index in [4.69, 9.17) is 11.6 Å². The molecule has 106 valence electrons. The lowest BCUT2D eigenvalue weighted by Crippen LogP contribution is -2.27. The second-order valence-corrected chi connectivity index (χ2v) is 6.76. The third kappa shape index (κ3) is 4.96. The number of rotatable bonds is 6. The molecule has 0 aliphatic rings. The summed E-state index contributed by atoms with van der Waals surface area (Å²) >= 11 is 5.84. The lowest BCUT2D eigenvalue weighted by molar-refractivity contribution is 0.581. The Morgan fingerprint density at radius 1 is 0.950 bits per heavy atom. The van der Waals surface area contributed by atoms with E-state index in [1.807, 2.05) is 30.3 Å². The zero-order valence-electron chi connectivity index (χ0n) is 10.9. The first kappa shape index (κ1) is 15.0. The Labute approximate surface area is 124 Å². The van der Waals surface area contributed by atoms with Gasteiger partial charge in [0.1, 0.15) is 0 Å². The summed E-state index contributed by atoms with van der Waals surface area (Å²) in [6.07, 6.45) is 0.676. The van der Waals surface area contributed by atoms with Gasteiger partial charge in [-0.15, -0.1) is 0 Å². The van der Waals surface area contributed by atoms with Crippen molar-refractivity contribution in [1.82, 2.24) is 4.72 Å². The van der Waals surface area contributed by atoms with Crippen LogP contribution in [0.15, 0.2) is 54.6 Å². The second kappa shape index (κ2) is 6.88. The molecule has 0 unspecified atom stereocenters. The minimum Gasteiger partial charge on any atom is -0.215 e. The molecule has 0 heterocycles. The van der Waals surface area contributed by atoms with Gasteiger partial charge in [0.15, 0.2) is 0 Å². The van der Waals surface area contributed by atoms with E-state index in [0.29, 0.717) is 23.6 Å². The minimum absolute atomic E-state index is 0.0532. The molecule has 1 N–H and O–H groups in total. The van der Waals surface area contributed by atoms with Gasteiger partial charge in [0.2, 0.25) is 10.0 Å². The molecule has 0 aliphatic carbocycles. The van der Waals surface area contributed by atoms with E-state index in [0.717, 1.165) is 5.56 Å². The van der Waals surface area contributed by atoms with Crippen molar-refractivity contribution in [3.05, 3.63) is 70.7 Å². The highest BCUT2D eigenvalue weighted by Crippen LogP contribution is 2.12. The van der Waals surface area contributed by atoms with E-state index in [1.165, 1.54) is 0 Å². The van der Waals surface area contributed by atoms with Gasteiger partial charge >= 0.3 is 0 Å². The smallest absolute Gasteiger partial charge is 0.215 e. The van der Waals surface area contributed by atoms with Crippen molar-refractivity contribution in [2.24, 2.45) is 0 Å². The largest absolute Gasteiger partial charge is 0.215 e. The van der Waals surface area contributed by atoms with Crippen molar-refractivity contribution in [3.63, 3.8) is 0 Å². The fourth-order valence-electron chi connectivity index (χ4n) is 1.89. The van der Waals surface area contributed by atoms with Crippen LogP contribution in [0.2, 0.25) is 5.02 Å². The molecule has 0 bridgehead atoms. The first-order chi connectivity index (χ1) is 9.55. The van der Waals surface area contributed by atoms with Crippen LogP contribution < -0.4 is 4.72 Å². The molecule has 0 radical (unpaired) electrons. The Morgan fingerprint density at radius 2 is 1.65 bits per heavy atom. The summed E-state index contributed by atoms with van der Waals surface area (Å²) in [5.74, 6) is -0.0532. The fourth-order valence-corrected chi connectivity index (χ4v) is 3.24. The lowest BCUT2D eigenvalue weighted by atomic mass is 10.2. The molecular weight excluding hydrogens is 294 g/mol. The van der Waals surface area contributed by atoms with Crippen LogP contribution in [-0.2, 0) is 22.2 Å². The van der Waals surface area contributed by atoms with E-state index in [9.17, 15) is 8.42 Å². The highest BCUT2D eigenvalue weighted by molar-refractivity contribution is 7.88. The molecule has 0 aromatic heterocycles. The molecule has 2 rings (SSSR count). The molecule has 3 nitrogen and oxygen atoms in total. The summed E-state index contributed by atoms with van der Waals surface area (Å²) in [5, 5.41) is 0.544. The van der Waals surface area contributed by atoms with Crippen molar-refractivity contribution >= 4 is 21.6 Å². The van der Waals surface area contributed by atoms with Gasteiger partial charge in [-0.3, -0.25) is 0 Å². The summed E-state index contributed by atoms with van der Waals surface area (Å²) in [6, 6.07) is 16.7. The van der Waals surface area contributed by atoms with Crippen LogP contribution >= 0.6 is 11.6 Å². The molecular formula is C15H16ClNO2S. The maximum absolute atomic E-state index is 11.9. The molecule has 0 saturated carbocycles. The van der Waals surface area contributed by atoms with Gasteiger partial charge < -0.3 is 0 Å². The van der Waals surface area contributed by atoms with Crippen LogP contribution in [-0.4, -0.2) is 15.0 Å². The number of hydrogen-bond acceptors (Lipinski definition) is 2. The zero-order chi connectivity index (χ0) is 14.4. The molecule has 0 atom stereocenters. The Kier molecular flexibility index (Phi) is 5.17. The van der Waals surface area contributed by atoms with Gasteiger partial charge in [-0.05, 0) is 29.7 Å². The Hall–Kier alpha value is -1.36. The average Bonchev–Trinajstić information content (AvgIpc) is 2.39. The van der Waals surface area contributed by atoms with E-state index in [-0.39, 0.29) is 5.75 Å². The minimum atomic E-state index is -3.33. The highest BCUT2D eigenvalue weighted by Gasteiger charge is 2.11. The standard InChI is InChI=1S/C15H16ClNO2S/c16-15-8-4-7-14(11-15)12-20(18,19)17-10-9-13-5-2-1-3-6-13/h1-8,11,17H,9-10,12H2. The molecule has 0 saturated heterocycles. The molecule has 0 fully saturated rings. The Bertz CT molecular complexity index is 657. The van der Waals surface area contributed by atoms with Crippen molar-refractivity contribution in [1.29, 1.82) is 0 Å². The van der Waals surface area contributed by atoms with Gasteiger partial charge in [0.25, 0.3) is 0 Å². The normalized spacial score (nSPS) is 11.4. The van der Waals surface area contributed by atoms with Crippen LogP contribution in [0, 0.1) is 0 Å². The quantitative estimate of drug-likeness (QED) is 0.891. The summed E-state index contributed by atoms with van der Waals surface area (Å²) < 4.78 is 26.5. The van der Waals surface area contributed by atoms with Gasteiger partial charge in [-0.1, -0.05) is 54.1 Å². The molecule has 0 amide bonds. The number of hydrogen-bond donors (Lipinski definition) is 1. The summed E-state index contributed by atoms with van der Waals surface area (Å²) in [5.41, 5.74) is 1.79. The van der Waals surface area contributed by atoms with Crippen molar-refractivity contribution in [2.45, 2.75) is 12.2 Å². The molecule has 2 aromatic carbocycles. The monoisotopic (exact) mass is 309 g/mol. The molecule has 20 heavy (non-hydrogen) atoms. The molecule has 2 aromatic rings. The topological polar surface area (TPSA) is 46.2 Å². The predicted octanol–water partition coefficient (Wildman–Crippen LogP) is 3.00. The van der Waals surface area contributed by atoms with E-state index in [2.05, 4.69) is 4.72 Å². The van der Waals surface area contributed by atoms with Crippen molar-refractivity contribution < 1.29 is 8.42 Å². The van der Waals surface area contributed by atoms with Crippen molar-refractivity contribution in [3.8, 4) is 0 Å². The van der Waals surface area contributed by atoms with Crippen molar-refractivity contribution in [2.75, 3.05) is 6.54 Å². The first-order valence-corrected chi connectivity index (χ1v) is 8.34. The second-order valence-electron chi connectivity index (χ2n) is 4.52. The SMILES string of the molecule is O=S(=O)(Cc1cccc(Cl)c1)NCCc1ccccc1. The number of sulfonamides is 1. The van der Waals surface area contributed by atoms with Gasteiger partial charge in [-0.2, -0.15) is 0 Å². The van der Waals surface area contributed by atoms with E-state index in [1.54, 1.807) is 24.3 Å². The fraction of sp³-hybridized carbons (Fsp3) is 0.200. The average molecular weight is 310 g/mol. The van der Waals surface area contributed by atoms with Gasteiger partial charge in [0.05, 0.1) is 5.75 Å². The van der Waals surface area contributed by atoms with Crippen LogP contribution in [0.25, 0.3) is 0 Å². The third-order valence-electron chi connectivity index (χ3n) is 2.82. The summed E-state index contributed by atoms with van der Waals surface area (Å²) in [6.45, 7) is 0.396. The van der Waals surface area contributed by atoms with Crippen LogP contribution in [0.5, 0.6) is 0 Å². The Balaban J connectivity index is 1.88. The van der Waals surface area contributed by atoms with E-state index >= 15 is 0 Å². The maximum Gasteiger partial charge on any atom is 0.215 e.